The monoisotopic (exact) mass is 341 g/mol. The summed E-state index contributed by atoms with van der Waals surface area (Å²) < 4.78 is 24.0. The van der Waals surface area contributed by atoms with Crippen LogP contribution < -0.4 is 10.1 Å². The second kappa shape index (κ2) is 6.56. The van der Waals surface area contributed by atoms with Crippen LogP contribution in [0, 0.1) is 5.82 Å². The van der Waals surface area contributed by atoms with Crippen LogP contribution in [0.5, 0.6) is 5.75 Å². The third-order valence-corrected chi connectivity index (χ3v) is 3.42. The number of hydrogen-bond acceptors (Lipinski definition) is 3. The summed E-state index contributed by atoms with van der Waals surface area (Å²) in [6, 6.07) is 6.22. The van der Waals surface area contributed by atoms with E-state index in [4.69, 9.17) is 9.15 Å². The quantitative estimate of drug-likeness (QED) is 0.908. The van der Waals surface area contributed by atoms with Crippen LogP contribution in [0.25, 0.3) is 0 Å². The molecule has 2 aromatic rings. The molecule has 6 heteroatoms. The predicted molar refractivity (Wildman–Crippen MR) is 75.4 cm³/mol. The van der Waals surface area contributed by atoms with Gasteiger partial charge in [-0.1, -0.05) is 6.07 Å². The number of nitrogens with one attached hydrogen (secondary N) is 1. The molecule has 0 radical (unpaired) electrons. The molecule has 0 fully saturated rings. The van der Waals surface area contributed by atoms with E-state index < -0.39 is 0 Å². The van der Waals surface area contributed by atoms with Gasteiger partial charge in [-0.05, 0) is 40.0 Å². The van der Waals surface area contributed by atoms with Gasteiger partial charge in [-0.2, -0.15) is 0 Å². The van der Waals surface area contributed by atoms with Gasteiger partial charge in [0.1, 0.15) is 11.6 Å². The lowest BCUT2D eigenvalue weighted by atomic mass is 10.1. The summed E-state index contributed by atoms with van der Waals surface area (Å²) in [7, 11) is 1.48. The van der Waals surface area contributed by atoms with E-state index in [1.165, 1.54) is 19.4 Å². The van der Waals surface area contributed by atoms with E-state index in [2.05, 4.69) is 21.2 Å². The third kappa shape index (κ3) is 3.39. The highest BCUT2D eigenvalue weighted by atomic mass is 79.9. The number of halogens is 2. The Morgan fingerprint density at radius 2 is 2.25 bits per heavy atom. The van der Waals surface area contributed by atoms with Crippen LogP contribution in [-0.2, 0) is 6.42 Å². The van der Waals surface area contributed by atoms with Crippen molar-refractivity contribution in [2.45, 2.75) is 6.42 Å². The van der Waals surface area contributed by atoms with Crippen molar-refractivity contribution in [1.29, 1.82) is 0 Å². The van der Waals surface area contributed by atoms with Crippen molar-refractivity contribution in [3.8, 4) is 5.75 Å². The maximum absolute atomic E-state index is 13.7. The molecule has 2 rings (SSSR count). The summed E-state index contributed by atoms with van der Waals surface area (Å²) >= 11 is 3.13. The van der Waals surface area contributed by atoms with Gasteiger partial charge in [-0.3, -0.25) is 4.79 Å². The summed E-state index contributed by atoms with van der Waals surface area (Å²) in [4.78, 5) is 11.8. The van der Waals surface area contributed by atoms with E-state index in [1.54, 1.807) is 18.2 Å². The average Bonchev–Trinajstić information content (AvgIpc) is 2.86. The van der Waals surface area contributed by atoms with Gasteiger partial charge < -0.3 is 14.5 Å². The van der Waals surface area contributed by atoms with Crippen LogP contribution in [0.1, 0.15) is 15.9 Å². The first kappa shape index (κ1) is 14.6. The van der Waals surface area contributed by atoms with Crippen LogP contribution in [0.4, 0.5) is 4.39 Å². The van der Waals surface area contributed by atoms with Crippen molar-refractivity contribution in [2.24, 2.45) is 0 Å². The molecule has 1 N–H and O–H groups in total. The lowest BCUT2D eigenvalue weighted by molar-refractivity contribution is 0.0952. The van der Waals surface area contributed by atoms with E-state index in [1.807, 2.05) is 0 Å². The minimum Gasteiger partial charge on any atom is -0.497 e. The van der Waals surface area contributed by atoms with Gasteiger partial charge in [-0.15, -0.1) is 0 Å². The van der Waals surface area contributed by atoms with Gasteiger partial charge in [0, 0.05) is 12.6 Å². The Morgan fingerprint density at radius 1 is 1.45 bits per heavy atom. The first-order valence-corrected chi connectivity index (χ1v) is 6.74. The first-order chi connectivity index (χ1) is 9.61. The predicted octanol–water partition coefficient (Wildman–Crippen LogP) is 3.16. The number of amides is 1. The van der Waals surface area contributed by atoms with E-state index in [9.17, 15) is 9.18 Å². The molecule has 0 saturated carbocycles. The summed E-state index contributed by atoms with van der Waals surface area (Å²) in [5.74, 6) is -0.139. The second-order valence-corrected chi connectivity index (χ2v) is 4.79. The van der Waals surface area contributed by atoms with Crippen molar-refractivity contribution in [3.05, 3.63) is 52.1 Å². The van der Waals surface area contributed by atoms with Crippen molar-refractivity contribution in [2.75, 3.05) is 13.7 Å². The molecular formula is C14H13BrFNO3. The molecule has 0 aliphatic rings. The zero-order valence-electron chi connectivity index (χ0n) is 10.8. The number of benzene rings is 1. The average molecular weight is 342 g/mol. The fraction of sp³-hybridized carbons (Fsp3) is 0.214. The number of carbonyl (C=O) groups excluding carboxylic acids is 1. The highest BCUT2D eigenvalue weighted by molar-refractivity contribution is 9.10. The highest BCUT2D eigenvalue weighted by Crippen LogP contribution is 2.18. The maximum Gasteiger partial charge on any atom is 0.255 e. The van der Waals surface area contributed by atoms with E-state index in [0.717, 1.165) is 0 Å². The summed E-state index contributed by atoms with van der Waals surface area (Å²) in [5.41, 5.74) is 0.942. The first-order valence-electron chi connectivity index (χ1n) is 5.95. The van der Waals surface area contributed by atoms with Crippen LogP contribution in [0.2, 0.25) is 0 Å². The number of ether oxygens (including phenoxy) is 1. The fourth-order valence-electron chi connectivity index (χ4n) is 1.72. The van der Waals surface area contributed by atoms with Crippen molar-refractivity contribution in [3.63, 3.8) is 0 Å². The van der Waals surface area contributed by atoms with Crippen LogP contribution >= 0.6 is 15.9 Å². The fourth-order valence-corrected chi connectivity index (χ4v) is 2.14. The molecule has 0 saturated heterocycles. The van der Waals surface area contributed by atoms with E-state index >= 15 is 0 Å². The Hall–Kier alpha value is -1.82. The largest absolute Gasteiger partial charge is 0.497 e. The number of hydrogen-bond donors (Lipinski definition) is 1. The minimum absolute atomic E-state index is 0.264. The summed E-state index contributed by atoms with van der Waals surface area (Å²) in [5, 5.41) is 2.70. The molecule has 1 aromatic heterocycles. The minimum atomic E-state index is -0.344. The van der Waals surface area contributed by atoms with Crippen molar-refractivity contribution >= 4 is 21.8 Å². The number of furan rings is 1. The molecule has 20 heavy (non-hydrogen) atoms. The maximum atomic E-state index is 13.7. The molecule has 0 bridgehead atoms. The molecule has 1 amide bonds. The third-order valence-electron chi connectivity index (χ3n) is 2.80. The highest BCUT2D eigenvalue weighted by Gasteiger charge is 2.12. The molecule has 0 unspecified atom stereocenters. The smallest absolute Gasteiger partial charge is 0.255 e. The molecule has 4 nitrogen and oxygen atoms in total. The lowest BCUT2D eigenvalue weighted by Gasteiger charge is -2.07. The van der Waals surface area contributed by atoms with Gasteiger partial charge in [0.05, 0.1) is 18.9 Å². The molecule has 0 spiro atoms. The zero-order chi connectivity index (χ0) is 14.5. The Morgan fingerprint density at radius 3 is 2.85 bits per heavy atom. The normalized spacial score (nSPS) is 10.3. The van der Waals surface area contributed by atoms with Crippen LogP contribution in [-0.4, -0.2) is 19.6 Å². The second-order valence-electron chi connectivity index (χ2n) is 4.07. The number of methoxy groups -OCH3 is 1. The Balaban J connectivity index is 1.90. The van der Waals surface area contributed by atoms with Crippen LogP contribution in [0.3, 0.4) is 0 Å². The number of carbonyl (C=O) groups is 1. The zero-order valence-corrected chi connectivity index (χ0v) is 12.4. The lowest BCUT2D eigenvalue weighted by Crippen LogP contribution is -2.25. The molecule has 1 aromatic carbocycles. The summed E-state index contributed by atoms with van der Waals surface area (Å²) in [6.07, 6.45) is 1.82. The molecule has 1 heterocycles. The Labute approximate surface area is 124 Å². The van der Waals surface area contributed by atoms with Gasteiger partial charge in [0.15, 0.2) is 4.67 Å². The van der Waals surface area contributed by atoms with E-state index in [0.29, 0.717) is 34.5 Å². The standard InChI is InChI=1S/C14H13BrFNO3/c1-19-10-3-2-9(12(16)8-10)4-6-17-14(18)11-5-7-20-13(11)15/h2-3,5,7-8H,4,6H2,1H3,(H,17,18). The van der Waals surface area contributed by atoms with Gasteiger partial charge in [0.2, 0.25) is 0 Å². The molecule has 0 aliphatic heterocycles. The Bertz CT molecular complexity index is 612. The van der Waals surface area contributed by atoms with Gasteiger partial charge >= 0.3 is 0 Å². The number of rotatable bonds is 5. The Kier molecular flexibility index (Phi) is 4.79. The van der Waals surface area contributed by atoms with Crippen LogP contribution in [0.15, 0.2) is 39.6 Å². The van der Waals surface area contributed by atoms with Gasteiger partial charge in [-0.25, -0.2) is 4.39 Å². The molecule has 0 aliphatic carbocycles. The van der Waals surface area contributed by atoms with E-state index in [-0.39, 0.29) is 11.7 Å². The van der Waals surface area contributed by atoms with Crippen molar-refractivity contribution < 1.29 is 18.3 Å². The van der Waals surface area contributed by atoms with Gasteiger partial charge in [0.25, 0.3) is 5.91 Å². The topological polar surface area (TPSA) is 51.5 Å². The molecular weight excluding hydrogens is 329 g/mol. The SMILES string of the molecule is COc1ccc(CCNC(=O)c2ccoc2Br)c(F)c1. The molecule has 106 valence electrons. The van der Waals surface area contributed by atoms with Crippen molar-refractivity contribution in [1.82, 2.24) is 5.32 Å². The summed E-state index contributed by atoms with van der Waals surface area (Å²) in [6.45, 7) is 0.333. The molecule has 0 atom stereocenters.